The Morgan fingerprint density at radius 3 is 2.30 bits per heavy atom. The van der Waals surface area contributed by atoms with Crippen molar-refractivity contribution in [3.8, 4) is 0 Å². The van der Waals surface area contributed by atoms with Gasteiger partial charge in [-0.1, -0.05) is 0 Å². The Hall–Kier alpha value is -2.92. The van der Waals surface area contributed by atoms with Crippen molar-refractivity contribution in [1.82, 2.24) is 29.6 Å². The van der Waals surface area contributed by atoms with Gasteiger partial charge in [-0.3, -0.25) is 4.79 Å². The normalized spacial score (nSPS) is 18.1. The van der Waals surface area contributed by atoms with E-state index in [0.717, 1.165) is 4.57 Å². The monoisotopic (exact) mass is 382 g/mol. The smallest absolute Gasteiger partial charge is 0.347 e. The minimum Gasteiger partial charge on any atom is -0.347 e. The summed E-state index contributed by atoms with van der Waals surface area (Å²) in [5, 5.41) is 6.96. The van der Waals surface area contributed by atoms with Crippen molar-refractivity contribution in [2.24, 2.45) is 0 Å². The Morgan fingerprint density at radius 1 is 0.963 bits per heavy atom. The number of carbonyl (C=O) groups is 1. The molecule has 0 saturated carbocycles. The average Bonchev–Trinajstić information content (AvgIpc) is 3.07. The quantitative estimate of drug-likeness (QED) is 0.743. The van der Waals surface area contributed by atoms with Gasteiger partial charge in [0.05, 0.1) is 13.1 Å². The molecule has 2 aromatic rings. The Balaban J connectivity index is 1.54. The third kappa shape index (κ3) is 3.26. The first-order chi connectivity index (χ1) is 12.8. The van der Waals surface area contributed by atoms with Crippen molar-refractivity contribution in [1.29, 1.82) is 0 Å². The number of amides is 1. The first kappa shape index (κ1) is 17.5. The number of carbonyl (C=O) groups excluding carboxylic acids is 1. The number of likely N-dealkylation sites (N-methyl/N-ethyl adjacent to an activating group) is 1. The summed E-state index contributed by atoms with van der Waals surface area (Å²) in [6, 6.07) is 1.75. The molecule has 1 amide bonds. The zero-order valence-corrected chi connectivity index (χ0v) is 14.5. The first-order valence-electron chi connectivity index (χ1n) is 8.38. The van der Waals surface area contributed by atoms with Crippen molar-refractivity contribution >= 4 is 17.5 Å². The summed E-state index contributed by atoms with van der Waals surface area (Å²) in [5.74, 6) is 0.464. The lowest BCUT2D eigenvalue weighted by Crippen LogP contribution is -2.48. The Labute approximate surface area is 152 Å². The summed E-state index contributed by atoms with van der Waals surface area (Å²) in [6.07, 6.45) is -3.13. The van der Waals surface area contributed by atoms with Gasteiger partial charge in [0.15, 0.2) is 5.82 Å². The van der Waals surface area contributed by atoms with Crippen molar-refractivity contribution in [2.75, 3.05) is 43.0 Å². The number of anilines is 2. The van der Waals surface area contributed by atoms with E-state index >= 15 is 0 Å². The Bertz CT molecular complexity index is 867. The van der Waals surface area contributed by atoms with Crippen LogP contribution in [0.2, 0.25) is 0 Å². The molecule has 2 aliphatic heterocycles. The number of fused-ring (bicyclic) bond motifs is 1. The molecule has 2 aromatic heterocycles. The van der Waals surface area contributed by atoms with E-state index in [1.165, 1.54) is 6.33 Å². The van der Waals surface area contributed by atoms with Gasteiger partial charge >= 0.3 is 6.18 Å². The van der Waals surface area contributed by atoms with E-state index in [1.54, 1.807) is 18.0 Å². The van der Waals surface area contributed by atoms with Crippen LogP contribution in [-0.4, -0.2) is 68.8 Å². The van der Waals surface area contributed by atoms with Gasteiger partial charge < -0.3 is 19.3 Å². The molecule has 0 N–H and O–H groups in total. The highest BCUT2D eigenvalue weighted by Gasteiger charge is 2.39. The molecule has 0 radical (unpaired) electrons. The maximum atomic E-state index is 13.0. The van der Waals surface area contributed by atoms with Crippen LogP contribution in [0.25, 0.3) is 0 Å². The summed E-state index contributed by atoms with van der Waals surface area (Å²) in [6.45, 7) is 2.11. The van der Waals surface area contributed by atoms with E-state index < -0.39 is 12.0 Å². The molecule has 2 aliphatic rings. The zero-order valence-electron chi connectivity index (χ0n) is 14.5. The SMILES string of the molecule is CN1CCN(c2cc(N3CCn4c(nnc4C(F)(F)F)C3)ncn2)CC1=O. The van der Waals surface area contributed by atoms with Crippen LogP contribution in [0.15, 0.2) is 12.4 Å². The van der Waals surface area contributed by atoms with Crippen LogP contribution in [0.5, 0.6) is 0 Å². The molecule has 12 heteroatoms. The number of halogens is 3. The number of aromatic nitrogens is 5. The van der Waals surface area contributed by atoms with Crippen LogP contribution >= 0.6 is 0 Å². The third-order valence-electron chi connectivity index (χ3n) is 4.75. The first-order valence-corrected chi connectivity index (χ1v) is 8.38. The molecular weight excluding hydrogens is 365 g/mol. The van der Waals surface area contributed by atoms with E-state index in [9.17, 15) is 18.0 Å². The van der Waals surface area contributed by atoms with Gasteiger partial charge in [0.1, 0.15) is 18.0 Å². The van der Waals surface area contributed by atoms with Crippen LogP contribution < -0.4 is 9.80 Å². The van der Waals surface area contributed by atoms with E-state index in [1.807, 2.05) is 9.80 Å². The molecule has 4 rings (SSSR count). The number of hydrogen-bond acceptors (Lipinski definition) is 7. The van der Waals surface area contributed by atoms with Crippen molar-refractivity contribution in [3.63, 3.8) is 0 Å². The maximum Gasteiger partial charge on any atom is 0.451 e. The molecule has 0 bridgehead atoms. The topological polar surface area (TPSA) is 83.3 Å². The lowest BCUT2D eigenvalue weighted by molar-refractivity contribution is -0.147. The van der Waals surface area contributed by atoms with Gasteiger partial charge in [-0.2, -0.15) is 13.2 Å². The Kier molecular flexibility index (Phi) is 4.12. The van der Waals surface area contributed by atoms with Crippen molar-refractivity contribution in [2.45, 2.75) is 19.3 Å². The van der Waals surface area contributed by atoms with Gasteiger partial charge in [-0.05, 0) is 0 Å². The van der Waals surface area contributed by atoms with Crippen LogP contribution in [0.3, 0.4) is 0 Å². The highest BCUT2D eigenvalue weighted by atomic mass is 19.4. The molecule has 1 saturated heterocycles. The summed E-state index contributed by atoms with van der Waals surface area (Å²) >= 11 is 0. The predicted molar refractivity (Wildman–Crippen MR) is 88.0 cm³/mol. The largest absolute Gasteiger partial charge is 0.451 e. The average molecular weight is 382 g/mol. The number of alkyl halides is 3. The molecule has 0 aromatic carbocycles. The molecule has 9 nitrogen and oxygen atoms in total. The highest BCUT2D eigenvalue weighted by molar-refractivity contribution is 5.82. The zero-order chi connectivity index (χ0) is 19.2. The molecule has 1 fully saturated rings. The number of nitrogens with zero attached hydrogens (tertiary/aromatic N) is 8. The number of rotatable bonds is 2. The molecule has 0 aliphatic carbocycles. The van der Waals surface area contributed by atoms with Crippen LogP contribution in [-0.2, 0) is 24.1 Å². The van der Waals surface area contributed by atoms with Gasteiger partial charge in [0, 0.05) is 39.3 Å². The van der Waals surface area contributed by atoms with E-state index in [2.05, 4.69) is 20.2 Å². The summed E-state index contributed by atoms with van der Waals surface area (Å²) < 4.78 is 40.0. The third-order valence-corrected chi connectivity index (χ3v) is 4.75. The number of hydrogen-bond donors (Lipinski definition) is 0. The number of piperazine rings is 1. The minimum absolute atomic E-state index is 0.00664. The maximum absolute atomic E-state index is 13.0. The predicted octanol–water partition coefficient (Wildman–Crippen LogP) is 0.385. The molecule has 0 spiro atoms. The second-order valence-electron chi connectivity index (χ2n) is 6.48. The van der Waals surface area contributed by atoms with Gasteiger partial charge in [0.25, 0.3) is 0 Å². The lowest BCUT2D eigenvalue weighted by Gasteiger charge is -2.33. The summed E-state index contributed by atoms with van der Waals surface area (Å²) in [7, 11) is 1.75. The molecule has 0 unspecified atom stereocenters. The van der Waals surface area contributed by atoms with Crippen LogP contribution in [0.4, 0.5) is 24.8 Å². The molecule has 0 atom stereocenters. The fourth-order valence-electron chi connectivity index (χ4n) is 3.20. The van der Waals surface area contributed by atoms with Crippen LogP contribution in [0.1, 0.15) is 11.6 Å². The highest BCUT2D eigenvalue weighted by Crippen LogP contribution is 2.30. The second-order valence-corrected chi connectivity index (χ2v) is 6.48. The van der Waals surface area contributed by atoms with Crippen molar-refractivity contribution < 1.29 is 18.0 Å². The van der Waals surface area contributed by atoms with E-state index in [4.69, 9.17) is 0 Å². The summed E-state index contributed by atoms with van der Waals surface area (Å²) in [5.41, 5.74) is 0. The van der Waals surface area contributed by atoms with Crippen molar-refractivity contribution in [3.05, 3.63) is 24.0 Å². The second kappa shape index (κ2) is 6.35. The minimum atomic E-state index is -4.52. The Morgan fingerprint density at radius 2 is 1.63 bits per heavy atom. The van der Waals surface area contributed by atoms with Crippen LogP contribution in [0, 0.1) is 0 Å². The van der Waals surface area contributed by atoms with Gasteiger partial charge in [0.2, 0.25) is 11.7 Å². The fraction of sp³-hybridized carbons (Fsp3) is 0.533. The lowest BCUT2D eigenvalue weighted by atomic mass is 10.3. The molecule has 27 heavy (non-hydrogen) atoms. The standard InChI is InChI=1S/C15H17F3N8O/c1-23-2-3-25(8-13(23)27)11-6-10(19-9-20-11)24-4-5-26-12(7-24)21-22-14(26)15(16,17)18/h6,9H,2-5,7-8H2,1H3. The molecule has 4 heterocycles. The van der Waals surface area contributed by atoms with Gasteiger partial charge in [-0.25, -0.2) is 9.97 Å². The van der Waals surface area contributed by atoms with E-state index in [-0.39, 0.29) is 31.4 Å². The van der Waals surface area contributed by atoms with Gasteiger partial charge in [-0.15, -0.1) is 10.2 Å². The summed E-state index contributed by atoms with van der Waals surface area (Å²) in [4.78, 5) is 25.7. The molecular formula is C15H17F3N8O. The van der Waals surface area contributed by atoms with E-state index in [0.29, 0.717) is 31.3 Å². The fourth-order valence-corrected chi connectivity index (χ4v) is 3.20. The molecule has 144 valence electrons.